The SMILES string of the molecule is CC1=CCCN(C(=O)NCC2CCCC2C(=O)O)C1. The number of aliphatic carboxylic acids is 1. The molecule has 0 aromatic carbocycles. The molecule has 2 atom stereocenters. The Balaban J connectivity index is 1.80. The molecule has 5 nitrogen and oxygen atoms in total. The molecule has 1 saturated carbocycles. The van der Waals surface area contributed by atoms with Gasteiger partial charge in [-0.15, -0.1) is 0 Å². The van der Waals surface area contributed by atoms with Gasteiger partial charge in [0.1, 0.15) is 0 Å². The Morgan fingerprint density at radius 2 is 2.26 bits per heavy atom. The Morgan fingerprint density at radius 1 is 1.47 bits per heavy atom. The van der Waals surface area contributed by atoms with Gasteiger partial charge in [0.2, 0.25) is 0 Å². The first-order valence-corrected chi connectivity index (χ1v) is 6.99. The summed E-state index contributed by atoms with van der Waals surface area (Å²) in [6, 6.07) is -0.0662. The average molecular weight is 266 g/mol. The summed E-state index contributed by atoms with van der Waals surface area (Å²) in [7, 11) is 0. The van der Waals surface area contributed by atoms with E-state index < -0.39 is 5.97 Å². The van der Waals surface area contributed by atoms with Gasteiger partial charge in [-0.25, -0.2) is 4.79 Å². The fourth-order valence-electron chi connectivity index (χ4n) is 3.02. The minimum absolute atomic E-state index is 0.0662. The van der Waals surface area contributed by atoms with Crippen molar-refractivity contribution in [2.45, 2.75) is 32.6 Å². The number of nitrogens with zero attached hydrogens (tertiary/aromatic N) is 1. The number of carbonyl (C=O) groups excluding carboxylic acids is 1. The lowest BCUT2D eigenvalue weighted by Crippen LogP contribution is -2.44. The van der Waals surface area contributed by atoms with E-state index in [0.717, 1.165) is 32.2 Å². The minimum atomic E-state index is -0.728. The molecule has 0 spiro atoms. The maximum atomic E-state index is 12.0. The van der Waals surface area contributed by atoms with Crippen LogP contribution in [0.4, 0.5) is 4.79 Å². The summed E-state index contributed by atoms with van der Waals surface area (Å²) in [5, 5.41) is 12.0. The van der Waals surface area contributed by atoms with Crippen LogP contribution in [0.5, 0.6) is 0 Å². The average Bonchev–Trinajstić information content (AvgIpc) is 2.84. The van der Waals surface area contributed by atoms with Gasteiger partial charge in [0.05, 0.1) is 5.92 Å². The van der Waals surface area contributed by atoms with Crippen molar-refractivity contribution in [1.29, 1.82) is 0 Å². The van der Waals surface area contributed by atoms with Crippen LogP contribution in [0.1, 0.15) is 32.6 Å². The van der Waals surface area contributed by atoms with Crippen LogP contribution in [-0.2, 0) is 4.79 Å². The third-order valence-electron chi connectivity index (χ3n) is 4.11. The van der Waals surface area contributed by atoms with Gasteiger partial charge in [0, 0.05) is 19.6 Å². The van der Waals surface area contributed by atoms with Crippen molar-refractivity contribution in [2.24, 2.45) is 11.8 Å². The fraction of sp³-hybridized carbons (Fsp3) is 0.714. The van der Waals surface area contributed by atoms with Gasteiger partial charge in [-0.3, -0.25) is 4.79 Å². The molecule has 2 aliphatic rings. The van der Waals surface area contributed by atoms with Crippen LogP contribution in [0.3, 0.4) is 0 Å². The van der Waals surface area contributed by atoms with Crippen molar-refractivity contribution in [1.82, 2.24) is 10.2 Å². The molecule has 2 N–H and O–H groups in total. The Labute approximate surface area is 113 Å². The van der Waals surface area contributed by atoms with E-state index in [4.69, 9.17) is 5.11 Å². The molecule has 0 aromatic heterocycles. The highest BCUT2D eigenvalue weighted by Crippen LogP contribution is 2.31. The van der Waals surface area contributed by atoms with E-state index in [9.17, 15) is 9.59 Å². The van der Waals surface area contributed by atoms with E-state index in [1.54, 1.807) is 4.90 Å². The van der Waals surface area contributed by atoms with Crippen LogP contribution in [0.15, 0.2) is 11.6 Å². The molecule has 1 fully saturated rings. The molecule has 2 amide bonds. The smallest absolute Gasteiger partial charge is 0.317 e. The van der Waals surface area contributed by atoms with E-state index in [0.29, 0.717) is 13.1 Å². The first-order valence-electron chi connectivity index (χ1n) is 6.99. The van der Waals surface area contributed by atoms with Gasteiger partial charge >= 0.3 is 12.0 Å². The number of hydrogen-bond acceptors (Lipinski definition) is 2. The van der Waals surface area contributed by atoms with Crippen molar-refractivity contribution in [3.63, 3.8) is 0 Å². The van der Waals surface area contributed by atoms with Crippen LogP contribution in [0.25, 0.3) is 0 Å². The zero-order valence-corrected chi connectivity index (χ0v) is 11.4. The highest BCUT2D eigenvalue weighted by atomic mass is 16.4. The van der Waals surface area contributed by atoms with Crippen molar-refractivity contribution < 1.29 is 14.7 Å². The predicted octanol–water partition coefficient (Wildman–Crippen LogP) is 1.85. The second-order valence-corrected chi connectivity index (χ2v) is 5.58. The second-order valence-electron chi connectivity index (χ2n) is 5.58. The summed E-state index contributed by atoms with van der Waals surface area (Å²) in [5.74, 6) is -0.931. The summed E-state index contributed by atoms with van der Waals surface area (Å²) in [6.45, 7) is 3.93. The van der Waals surface area contributed by atoms with Gasteiger partial charge in [-0.05, 0) is 32.1 Å². The fourth-order valence-corrected chi connectivity index (χ4v) is 3.02. The van der Waals surface area contributed by atoms with Crippen LogP contribution >= 0.6 is 0 Å². The van der Waals surface area contributed by atoms with Crippen molar-refractivity contribution >= 4 is 12.0 Å². The van der Waals surface area contributed by atoms with Crippen LogP contribution < -0.4 is 5.32 Å². The molecule has 1 aliphatic heterocycles. The van der Waals surface area contributed by atoms with E-state index in [-0.39, 0.29) is 17.9 Å². The molecule has 19 heavy (non-hydrogen) atoms. The summed E-state index contributed by atoms with van der Waals surface area (Å²) in [6.07, 6.45) is 5.64. The zero-order valence-electron chi connectivity index (χ0n) is 11.4. The van der Waals surface area contributed by atoms with Crippen molar-refractivity contribution in [3.8, 4) is 0 Å². The summed E-state index contributed by atoms with van der Waals surface area (Å²) < 4.78 is 0. The van der Waals surface area contributed by atoms with Crippen LogP contribution in [0.2, 0.25) is 0 Å². The molecule has 0 aromatic rings. The first-order chi connectivity index (χ1) is 9.08. The number of carboxylic acids is 1. The number of carbonyl (C=O) groups is 2. The molecule has 2 rings (SSSR count). The van der Waals surface area contributed by atoms with E-state index in [1.165, 1.54) is 5.57 Å². The van der Waals surface area contributed by atoms with E-state index in [2.05, 4.69) is 11.4 Å². The van der Waals surface area contributed by atoms with Crippen molar-refractivity contribution in [3.05, 3.63) is 11.6 Å². The number of amides is 2. The maximum Gasteiger partial charge on any atom is 0.317 e. The third kappa shape index (κ3) is 3.49. The number of carboxylic acid groups (broad SMARTS) is 1. The third-order valence-corrected chi connectivity index (χ3v) is 4.11. The lowest BCUT2D eigenvalue weighted by atomic mass is 9.96. The molecule has 5 heteroatoms. The molecule has 106 valence electrons. The normalized spacial score (nSPS) is 27.0. The van der Waals surface area contributed by atoms with Gasteiger partial charge in [0.25, 0.3) is 0 Å². The summed E-state index contributed by atoms with van der Waals surface area (Å²) in [4.78, 5) is 24.9. The largest absolute Gasteiger partial charge is 0.481 e. The molecule has 0 saturated heterocycles. The lowest BCUT2D eigenvalue weighted by molar-refractivity contribution is -0.142. The monoisotopic (exact) mass is 266 g/mol. The number of nitrogens with one attached hydrogen (secondary N) is 1. The van der Waals surface area contributed by atoms with E-state index in [1.807, 2.05) is 6.92 Å². The highest BCUT2D eigenvalue weighted by Gasteiger charge is 2.33. The van der Waals surface area contributed by atoms with Gasteiger partial charge in [-0.1, -0.05) is 18.1 Å². The molecule has 0 radical (unpaired) electrons. The van der Waals surface area contributed by atoms with Crippen LogP contribution in [0, 0.1) is 11.8 Å². The first kappa shape index (κ1) is 13.9. The van der Waals surface area contributed by atoms with Crippen LogP contribution in [-0.4, -0.2) is 41.6 Å². The summed E-state index contributed by atoms with van der Waals surface area (Å²) >= 11 is 0. The molecule has 1 aliphatic carbocycles. The van der Waals surface area contributed by atoms with E-state index >= 15 is 0 Å². The van der Waals surface area contributed by atoms with Crippen molar-refractivity contribution in [2.75, 3.05) is 19.6 Å². The second kappa shape index (κ2) is 6.08. The molecule has 1 heterocycles. The minimum Gasteiger partial charge on any atom is -0.481 e. The quantitative estimate of drug-likeness (QED) is 0.766. The van der Waals surface area contributed by atoms with Gasteiger partial charge < -0.3 is 15.3 Å². The molecular formula is C14H22N2O3. The highest BCUT2D eigenvalue weighted by molar-refractivity contribution is 5.75. The Kier molecular flexibility index (Phi) is 4.45. The van der Waals surface area contributed by atoms with Gasteiger partial charge in [-0.2, -0.15) is 0 Å². The lowest BCUT2D eigenvalue weighted by Gasteiger charge is -2.27. The molecule has 2 unspecified atom stereocenters. The van der Waals surface area contributed by atoms with Gasteiger partial charge in [0.15, 0.2) is 0 Å². The topological polar surface area (TPSA) is 69.6 Å². The molecule has 0 bridgehead atoms. The Bertz CT molecular complexity index is 392. The number of rotatable bonds is 3. The predicted molar refractivity (Wildman–Crippen MR) is 71.8 cm³/mol. The number of hydrogen-bond donors (Lipinski definition) is 2. The Morgan fingerprint density at radius 3 is 2.95 bits per heavy atom. The zero-order chi connectivity index (χ0) is 13.8. The molecular weight excluding hydrogens is 244 g/mol. The number of urea groups is 1. The Hall–Kier alpha value is -1.52. The standard InChI is InChI=1S/C14H22N2O3/c1-10-4-3-7-16(9-10)14(19)15-8-11-5-2-6-12(11)13(17)18/h4,11-12H,2-3,5-9H2,1H3,(H,15,19)(H,17,18). The summed E-state index contributed by atoms with van der Waals surface area (Å²) in [5.41, 5.74) is 1.21. The maximum absolute atomic E-state index is 12.0.